The highest BCUT2D eigenvalue weighted by Gasteiger charge is 2.21. The van der Waals surface area contributed by atoms with Gasteiger partial charge in [0.05, 0.1) is 18.9 Å². The van der Waals surface area contributed by atoms with Crippen LogP contribution in [0.4, 0.5) is 0 Å². The number of furan rings is 1. The summed E-state index contributed by atoms with van der Waals surface area (Å²) in [7, 11) is 1.62. The van der Waals surface area contributed by atoms with Crippen LogP contribution in [0.3, 0.4) is 0 Å². The minimum atomic E-state index is -0.212. The van der Waals surface area contributed by atoms with Gasteiger partial charge in [-0.2, -0.15) is 0 Å². The summed E-state index contributed by atoms with van der Waals surface area (Å²) in [6.07, 6.45) is 1.49. The molecule has 0 saturated heterocycles. The third-order valence-electron chi connectivity index (χ3n) is 4.99. The number of fused-ring (bicyclic) bond motifs is 1. The highest BCUT2D eigenvalue weighted by molar-refractivity contribution is 6.30. The average molecular weight is 421 g/mol. The molecule has 152 valence electrons. The number of halogens is 1. The van der Waals surface area contributed by atoms with Gasteiger partial charge in [-0.05, 0) is 48.4 Å². The van der Waals surface area contributed by atoms with Crippen LogP contribution >= 0.6 is 11.6 Å². The molecule has 4 aromatic rings. The minimum Gasteiger partial charge on any atom is -0.497 e. The van der Waals surface area contributed by atoms with Crippen molar-refractivity contribution in [2.75, 3.05) is 7.11 Å². The molecule has 1 amide bonds. The van der Waals surface area contributed by atoms with E-state index in [-0.39, 0.29) is 11.7 Å². The van der Waals surface area contributed by atoms with Crippen LogP contribution in [0.15, 0.2) is 71.3 Å². The van der Waals surface area contributed by atoms with Gasteiger partial charge in [0, 0.05) is 24.0 Å². The van der Waals surface area contributed by atoms with E-state index >= 15 is 0 Å². The first-order valence-electron chi connectivity index (χ1n) is 9.55. The largest absolute Gasteiger partial charge is 0.497 e. The zero-order valence-electron chi connectivity index (χ0n) is 16.8. The number of para-hydroxylation sites is 1. The third kappa shape index (κ3) is 4.16. The molecule has 0 N–H and O–H groups in total. The number of aromatic nitrogens is 1. The van der Waals surface area contributed by atoms with Crippen molar-refractivity contribution in [3.8, 4) is 5.75 Å². The summed E-state index contributed by atoms with van der Waals surface area (Å²) in [5.41, 5.74) is 3.67. The molecular formula is C24H21ClN2O3. The maximum absolute atomic E-state index is 13.1. The van der Waals surface area contributed by atoms with E-state index in [1.807, 2.05) is 55.5 Å². The summed E-state index contributed by atoms with van der Waals surface area (Å²) in [5, 5.41) is 1.38. The topological polar surface area (TPSA) is 55.6 Å². The smallest absolute Gasteiger partial charge is 0.290 e. The minimum absolute atomic E-state index is 0.212. The van der Waals surface area contributed by atoms with Gasteiger partial charge in [0.2, 0.25) is 0 Å². The molecule has 0 aliphatic rings. The van der Waals surface area contributed by atoms with Gasteiger partial charge in [0.1, 0.15) is 10.9 Å². The number of benzene rings is 2. The van der Waals surface area contributed by atoms with Crippen LogP contribution in [-0.2, 0) is 13.1 Å². The normalized spacial score (nSPS) is 10.9. The molecule has 0 bridgehead atoms. The number of hydrogen-bond donors (Lipinski definition) is 0. The fourth-order valence-electron chi connectivity index (χ4n) is 3.39. The number of hydrogen-bond acceptors (Lipinski definition) is 4. The van der Waals surface area contributed by atoms with Gasteiger partial charge in [-0.3, -0.25) is 4.79 Å². The van der Waals surface area contributed by atoms with Crippen LogP contribution < -0.4 is 4.74 Å². The second-order valence-electron chi connectivity index (χ2n) is 7.07. The Bertz CT molecular complexity index is 1170. The number of amides is 1. The maximum Gasteiger partial charge on any atom is 0.290 e. The first-order valence-corrected chi connectivity index (χ1v) is 9.93. The standard InChI is InChI=1S/C24H21ClN2O3/c1-16-5-3-6-18-13-19(23(25)26-22(16)18)15-27(24(28)21-7-4-12-30-21)14-17-8-10-20(29-2)11-9-17/h3-13H,14-15H2,1-2H3. The van der Waals surface area contributed by atoms with Crippen LogP contribution in [0.2, 0.25) is 5.15 Å². The molecule has 4 rings (SSSR count). The molecule has 2 heterocycles. The molecule has 0 fully saturated rings. The number of aryl methyl sites for hydroxylation is 1. The fourth-order valence-corrected chi connectivity index (χ4v) is 3.59. The van der Waals surface area contributed by atoms with Gasteiger partial charge in [0.15, 0.2) is 5.76 Å². The molecular weight excluding hydrogens is 400 g/mol. The van der Waals surface area contributed by atoms with E-state index in [1.54, 1.807) is 24.1 Å². The van der Waals surface area contributed by atoms with Crippen LogP contribution in [0.25, 0.3) is 10.9 Å². The lowest BCUT2D eigenvalue weighted by molar-refractivity contribution is 0.0697. The van der Waals surface area contributed by atoms with Crippen molar-refractivity contribution in [2.45, 2.75) is 20.0 Å². The van der Waals surface area contributed by atoms with Crippen LogP contribution in [-0.4, -0.2) is 22.9 Å². The van der Waals surface area contributed by atoms with E-state index in [4.69, 9.17) is 20.8 Å². The first-order chi connectivity index (χ1) is 14.5. The third-order valence-corrected chi connectivity index (χ3v) is 5.31. The molecule has 0 unspecified atom stereocenters. The summed E-state index contributed by atoms with van der Waals surface area (Å²) in [6, 6.07) is 19.0. The molecule has 0 saturated carbocycles. The molecule has 0 spiro atoms. The molecule has 0 radical (unpaired) electrons. The Kier molecular flexibility index (Phi) is 5.72. The van der Waals surface area contributed by atoms with Crippen molar-refractivity contribution in [1.82, 2.24) is 9.88 Å². The van der Waals surface area contributed by atoms with Crippen molar-refractivity contribution in [2.24, 2.45) is 0 Å². The second-order valence-corrected chi connectivity index (χ2v) is 7.43. The number of nitrogens with zero attached hydrogens (tertiary/aromatic N) is 2. The zero-order chi connectivity index (χ0) is 21.1. The quantitative estimate of drug-likeness (QED) is 0.379. The first kappa shape index (κ1) is 20.0. The van der Waals surface area contributed by atoms with Crippen molar-refractivity contribution >= 4 is 28.4 Å². The van der Waals surface area contributed by atoms with Crippen LogP contribution in [0.5, 0.6) is 5.75 Å². The predicted octanol–water partition coefficient (Wildman–Crippen LogP) is 5.64. The van der Waals surface area contributed by atoms with Crippen molar-refractivity contribution in [3.05, 3.63) is 94.5 Å². The Labute approximate surface area is 179 Å². The second kappa shape index (κ2) is 8.59. The van der Waals surface area contributed by atoms with Gasteiger partial charge in [-0.15, -0.1) is 0 Å². The zero-order valence-corrected chi connectivity index (χ0v) is 17.5. The lowest BCUT2D eigenvalue weighted by Gasteiger charge is -2.23. The van der Waals surface area contributed by atoms with Crippen molar-refractivity contribution in [1.29, 1.82) is 0 Å². The number of ether oxygens (including phenoxy) is 1. The van der Waals surface area contributed by atoms with Gasteiger partial charge >= 0.3 is 0 Å². The Morgan fingerprint density at radius 1 is 1.10 bits per heavy atom. The Balaban J connectivity index is 1.67. The summed E-state index contributed by atoms with van der Waals surface area (Å²) in [6.45, 7) is 2.70. The van der Waals surface area contributed by atoms with Gasteiger partial charge in [-0.1, -0.05) is 41.9 Å². The molecule has 0 aliphatic heterocycles. The molecule has 2 aromatic carbocycles. The van der Waals surface area contributed by atoms with E-state index in [0.717, 1.165) is 33.3 Å². The summed E-state index contributed by atoms with van der Waals surface area (Å²) in [5.74, 6) is 0.834. The van der Waals surface area contributed by atoms with Gasteiger partial charge < -0.3 is 14.1 Å². The highest BCUT2D eigenvalue weighted by atomic mass is 35.5. The van der Waals surface area contributed by atoms with E-state index < -0.39 is 0 Å². The number of carbonyl (C=O) groups is 1. The molecule has 5 nitrogen and oxygen atoms in total. The number of rotatable bonds is 6. The average Bonchev–Trinajstić information content (AvgIpc) is 3.29. The molecule has 0 atom stereocenters. The molecule has 0 aliphatic carbocycles. The van der Waals surface area contributed by atoms with E-state index in [1.165, 1.54) is 6.26 Å². The van der Waals surface area contributed by atoms with Crippen molar-refractivity contribution < 1.29 is 13.9 Å². The van der Waals surface area contributed by atoms with Crippen molar-refractivity contribution in [3.63, 3.8) is 0 Å². The van der Waals surface area contributed by atoms with Gasteiger partial charge in [-0.25, -0.2) is 4.98 Å². The van der Waals surface area contributed by atoms with Gasteiger partial charge in [0.25, 0.3) is 5.91 Å². The van der Waals surface area contributed by atoms with E-state index in [9.17, 15) is 4.79 Å². The molecule has 30 heavy (non-hydrogen) atoms. The Morgan fingerprint density at radius 2 is 1.90 bits per heavy atom. The van der Waals surface area contributed by atoms with E-state index in [0.29, 0.717) is 18.2 Å². The Morgan fingerprint density at radius 3 is 2.60 bits per heavy atom. The molecule has 6 heteroatoms. The van der Waals surface area contributed by atoms with Crippen LogP contribution in [0, 0.1) is 6.92 Å². The monoisotopic (exact) mass is 420 g/mol. The van der Waals surface area contributed by atoms with E-state index in [2.05, 4.69) is 4.98 Å². The lowest BCUT2D eigenvalue weighted by Crippen LogP contribution is -2.30. The van der Waals surface area contributed by atoms with Crippen LogP contribution in [0.1, 0.15) is 27.2 Å². The summed E-state index contributed by atoms with van der Waals surface area (Å²) >= 11 is 6.50. The Hall–Kier alpha value is -3.31. The maximum atomic E-state index is 13.1. The SMILES string of the molecule is COc1ccc(CN(Cc2cc3cccc(C)c3nc2Cl)C(=O)c2ccco2)cc1. The number of carbonyl (C=O) groups excluding carboxylic acids is 1. The predicted molar refractivity (Wildman–Crippen MR) is 117 cm³/mol. The molecule has 2 aromatic heterocycles. The summed E-state index contributed by atoms with van der Waals surface area (Å²) < 4.78 is 10.6. The number of methoxy groups -OCH3 is 1. The number of pyridine rings is 1. The fraction of sp³-hybridized carbons (Fsp3) is 0.167. The lowest BCUT2D eigenvalue weighted by atomic mass is 10.1. The summed E-state index contributed by atoms with van der Waals surface area (Å²) in [4.78, 5) is 19.4. The highest BCUT2D eigenvalue weighted by Crippen LogP contribution is 2.25.